The summed E-state index contributed by atoms with van der Waals surface area (Å²) in [7, 11) is 0. The van der Waals surface area contributed by atoms with Crippen molar-refractivity contribution in [3.8, 4) is 0 Å². The summed E-state index contributed by atoms with van der Waals surface area (Å²) < 4.78 is 22.0. The van der Waals surface area contributed by atoms with Gasteiger partial charge >= 0.3 is 5.97 Å². The Morgan fingerprint density at radius 1 is 0.643 bits per heavy atom. The largest absolute Gasteiger partial charge is 0.458 e. The van der Waals surface area contributed by atoms with Gasteiger partial charge in [0.1, 0.15) is 72.1 Å². The first-order valence-corrected chi connectivity index (χ1v) is 22.6. The van der Waals surface area contributed by atoms with Crippen LogP contribution >= 0.6 is 0 Å². The molecule has 22 heteroatoms. The average molecular weight is 982 g/mol. The minimum atomic E-state index is -2.02. The lowest BCUT2D eigenvalue weighted by Gasteiger charge is -2.46. The number of hydrogen-bond acceptors (Lipinski definition) is 17. The molecule has 2 aliphatic heterocycles. The second kappa shape index (κ2) is 24.8. The molecule has 12 atom stereocenters. The van der Waals surface area contributed by atoms with Gasteiger partial charge in [-0.15, -0.1) is 0 Å². The molecule has 0 radical (unpaired) electrons. The van der Waals surface area contributed by atoms with Crippen molar-refractivity contribution >= 4 is 35.5 Å². The summed E-state index contributed by atoms with van der Waals surface area (Å²) >= 11 is 0. The first-order valence-electron chi connectivity index (χ1n) is 22.6. The molecule has 5 rings (SSSR count). The average Bonchev–Trinajstić information content (AvgIpc) is 3.33. The number of benzene rings is 3. The van der Waals surface area contributed by atoms with E-state index in [1.54, 1.807) is 0 Å². The number of amides is 5. The predicted octanol–water partition coefficient (Wildman–Crippen LogP) is -2.55. The number of nitrogens with one attached hydrogen (secondary N) is 5. The number of carbonyl (C=O) groups is 6. The molecule has 3 aromatic rings. The molecule has 0 spiro atoms. The molecule has 0 bridgehead atoms. The maximum Gasteiger partial charge on any atom is 0.329 e. The Bertz CT molecular complexity index is 2120. The maximum atomic E-state index is 14.2. The third-order valence-corrected chi connectivity index (χ3v) is 11.5. The Labute approximate surface area is 403 Å². The van der Waals surface area contributed by atoms with Crippen molar-refractivity contribution < 1.29 is 83.5 Å². The number of rotatable bonds is 20. The van der Waals surface area contributed by atoms with Crippen LogP contribution in [-0.2, 0) is 53.3 Å². The van der Waals surface area contributed by atoms with Gasteiger partial charge in [0.05, 0.1) is 26.2 Å². The van der Waals surface area contributed by atoms with Crippen LogP contribution in [0.3, 0.4) is 0 Å². The second-order valence-corrected chi connectivity index (χ2v) is 17.9. The van der Waals surface area contributed by atoms with E-state index >= 15 is 0 Å². The lowest BCUT2D eigenvalue weighted by Crippen LogP contribution is -2.66. The number of aliphatic hydroxyl groups excluding tert-OH is 7. The summed E-state index contributed by atoms with van der Waals surface area (Å²) in [6.45, 7) is 3.49. The molecule has 382 valence electrons. The maximum absolute atomic E-state index is 14.2. The van der Waals surface area contributed by atoms with Crippen LogP contribution in [0.5, 0.6) is 0 Å². The fraction of sp³-hybridized carbons (Fsp3) is 0.500. The molecule has 12 N–H and O–H groups in total. The van der Waals surface area contributed by atoms with Crippen molar-refractivity contribution in [2.75, 3.05) is 19.8 Å². The zero-order valence-corrected chi connectivity index (χ0v) is 39.0. The number of carbonyl (C=O) groups excluding carboxylic acids is 6. The summed E-state index contributed by atoms with van der Waals surface area (Å²) in [5.41, 5.74) is -0.244. The minimum Gasteiger partial charge on any atom is -0.458 e. The van der Waals surface area contributed by atoms with E-state index in [0.29, 0.717) is 16.7 Å². The molecule has 2 aliphatic rings. The van der Waals surface area contributed by atoms with E-state index in [0.717, 1.165) is 0 Å². The molecule has 70 heavy (non-hydrogen) atoms. The second-order valence-electron chi connectivity index (χ2n) is 17.9. The molecular formula is C48H63N5O17. The van der Waals surface area contributed by atoms with Crippen molar-refractivity contribution in [1.82, 2.24) is 26.6 Å². The van der Waals surface area contributed by atoms with Gasteiger partial charge in [-0.3, -0.25) is 24.0 Å². The van der Waals surface area contributed by atoms with Crippen LogP contribution in [-0.4, -0.2) is 170 Å². The molecule has 5 amide bonds. The molecular weight excluding hydrogens is 919 g/mol. The van der Waals surface area contributed by atoms with Crippen molar-refractivity contribution in [1.29, 1.82) is 0 Å². The summed E-state index contributed by atoms with van der Waals surface area (Å²) in [6.07, 6.45) is -19.4. The standard InChI is InChI=1S/C48H63N5O17/c1-26(56)49-23-36(59)50-30(20-21-34(57)53-48(27-14-8-5-9-15-27,28-16-10-6-11-17-28)29-18-12-7-13-19-29)43(65)51-31(45(66)70-47(2,3)4)22-35(58)52-44-40(63)39(62)42(33(25-55)67-44)69-46-41(64)38(61)37(60)32(24-54)68-46/h5-19,30-33,37-42,44,46,54-55,60-64H,20-25H2,1-4H3,(H,49,56)(H,50,59)(H,51,65)(H,52,58)(H,53,57)/t30-,31-,32+,33+,37-,38-,39+,40+,41+,42+,44+,46-/m0/s1. The van der Waals surface area contributed by atoms with E-state index in [4.69, 9.17) is 18.9 Å². The van der Waals surface area contributed by atoms with E-state index in [2.05, 4.69) is 26.6 Å². The van der Waals surface area contributed by atoms with Gasteiger partial charge in [0.2, 0.25) is 29.5 Å². The number of esters is 1. The van der Waals surface area contributed by atoms with Crippen LogP contribution in [0.15, 0.2) is 91.0 Å². The van der Waals surface area contributed by atoms with Gasteiger partial charge in [0, 0.05) is 13.3 Å². The summed E-state index contributed by atoms with van der Waals surface area (Å²) in [4.78, 5) is 80.6. The minimum absolute atomic E-state index is 0.361. The summed E-state index contributed by atoms with van der Waals surface area (Å²) in [6, 6.07) is 24.3. The lowest BCUT2D eigenvalue weighted by molar-refractivity contribution is -0.343. The smallest absolute Gasteiger partial charge is 0.329 e. The number of hydrogen-bond donors (Lipinski definition) is 12. The molecule has 2 fully saturated rings. The Balaban J connectivity index is 1.35. The highest BCUT2D eigenvalue weighted by atomic mass is 16.7. The van der Waals surface area contributed by atoms with Crippen LogP contribution in [0.1, 0.15) is 63.6 Å². The van der Waals surface area contributed by atoms with E-state index in [-0.39, 0.29) is 12.8 Å². The van der Waals surface area contributed by atoms with Crippen LogP contribution < -0.4 is 26.6 Å². The van der Waals surface area contributed by atoms with Gasteiger partial charge in [0.25, 0.3) is 0 Å². The van der Waals surface area contributed by atoms with Crippen molar-refractivity contribution in [3.05, 3.63) is 108 Å². The third-order valence-electron chi connectivity index (χ3n) is 11.5. The lowest BCUT2D eigenvalue weighted by atomic mass is 9.77. The zero-order valence-electron chi connectivity index (χ0n) is 39.0. The Kier molecular flexibility index (Phi) is 19.5. The Morgan fingerprint density at radius 2 is 1.19 bits per heavy atom. The Hall–Kier alpha value is -5.92. The molecule has 0 saturated carbocycles. The van der Waals surface area contributed by atoms with E-state index in [9.17, 15) is 64.5 Å². The van der Waals surface area contributed by atoms with Crippen LogP contribution in [0.25, 0.3) is 0 Å². The van der Waals surface area contributed by atoms with Gasteiger partial charge in [-0.2, -0.15) is 0 Å². The number of ether oxygens (including phenoxy) is 4. The summed E-state index contributed by atoms with van der Waals surface area (Å²) in [5, 5.41) is 85.4. The van der Waals surface area contributed by atoms with Crippen LogP contribution in [0, 0.1) is 0 Å². The molecule has 0 aliphatic carbocycles. The molecule has 2 heterocycles. The van der Waals surface area contributed by atoms with Crippen LogP contribution in [0.4, 0.5) is 0 Å². The van der Waals surface area contributed by atoms with Gasteiger partial charge in [-0.1, -0.05) is 91.0 Å². The fourth-order valence-electron chi connectivity index (χ4n) is 8.00. The normalized spacial score (nSPS) is 25.6. The monoisotopic (exact) mass is 981 g/mol. The van der Waals surface area contributed by atoms with Crippen molar-refractivity contribution in [2.45, 2.75) is 132 Å². The van der Waals surface area contributed by atoms with Gasteiger partial charge < -0.3 is 81.3 Å². The predicted molar refractivity (Wildman–Crippen MR) is 244 cm³/mol. The highest BCUT2D eigenvalue weighted by Crippen LogP contribution is 2.37. The van der Waals surface area contributed by atoms with E-state index < -0.39 is 146 Å². The Morgan fingerprint density at radius 3 is 1.69 bits per heavy atom. The van der Waals surface area contributed by atoms with Gasteiger partial charge in [-0.05, 0) is 43.9 Å². The van der Waals surface area contributed by atoms with E-state index in [1.165, 1.54) is 27.7 Å². The molecule has 22 nitrogen and oxygen atoms in total. The van der Waals surface area contributed by atoms with Crippen molar-refractivity contribution in [2.24, 2.45) is 0 Å². The molecule has 0 unspecified atom stereocenters. The molecule has 3 aromatic carbocycles. The highest BCUT2D eigenvalue weighted by molar-refractivity contribution is 5.94. The third kappa shape index (κ3) is 14.1. The number of aliphatic hydroxyl groups is 7. The summed E-state index contributed by atoms with van der Waals surface area (Å²) in [5.74, 6) is -5.14. The molecule has 0 aromatic heterocycles. The SMILES string of the molecule is CC(=O)NCC(=O)N[C@@H](CCC(=O)NC(c1ccccc1)(c1ccccc1)c1ccccc1)C(=O)N[C@@H](CC(=O)N[C@@H]1O[C@H](CO)[C@@H](O[C@@H]2O[C@H](CO)[C@H](O)[C@H](O)[C@H]2O)[C@H](O)[C@H]1O)C(=O)OC(C)(C)C. The van der Waals surface area contributed by atoms with Gasteiger partial charge in [-0.25, -0.2) is 4.79 Å². The fourth-order valence-corrected chi connectivity index (χ4v) is 8.00. The zero-order chi connectivity index (χ0) is 51.3. The van der Waals surface area contributed by atoms with E-state index in [1.807, 2.05) is 91.0 Å². The quantitative estimate of drug-likeness (QED) is 0.0410. The first kappa shape index (κ1) is 55.0. The highest BCUT2D eigenvalue weighted by Gasteiger charge is 2.51. The van der Waals surface area contributed by atoms with Crippen LogP contribution in [0.2, 0.25) is 0 Å². The van der Waals surface area contributed by atoms with Crippen molar-refractivity contribution in [3.63, 3.8) is 0 Å². The topological polar surface area (TPSA) is 341 Å². The first-order chi connectivity index (χ1) is 33.2. The van der Waals surface area contributed by atoms with Gasteiger partial charge in [0.15, 0.2) is 12.5 Å². The molecule has 2 saturated heterocycles.